The van der Waals surface area contributed by atoms with Gasteiger partial charge in [0.1, 0.15) is 12.4 Å². The van der Waals surface area contributed by atoms with Crippen LogP contribution in [0.25, 0.3) is 0 Å². The number of aliphatic hydroxyl groups is 1. The van der Waals surface area contributed by atoms with E-state index in [-0.39, 0.29) is 18.1 Å². The molecular formula is C19H28N2O4. The van der Waals surface area contributed by atoms with Crippen molar-refractivity contribution < 1.29 is 19.4 Å². The Bertz CT molecular complexity index is 572. The molecule has 1 saturated heterocycles. The molecule has 6 heteroatoms. The third-order valence-electron chi connectivity index (χ3n) is 5.18. The lowest BCUT2D eigenvalue weighted by Crippen LogP contribution is -2.53. The summed E-state index contributed by atoms with van der Waals surface area (Å²) in [5, 5.41) is 10.1. The van der Waals surface area contributed by atoms with E-state index < -0.39 is 0 Å². The van der Waals surface area contributed by atoms with Gasteiger partial charge < -0.3 is 19.5 Å². The third-order valence-corrected chi connectivity index (χ3v) is 5.18. The molecule has 1 aromatic carbocycles. The molecule has 1 aromatic rings. The molecule has 1 saturated carbocycles. The number of hydrogen-bond donors (Lipinski definition) is 1. The second-order valence-electron chi connectivity index (χ2n) is 6.73. The van der Waals surface area contributed by atoms with Gasteiger partial charge in [0.15, 0.2) is 0 Å². The molecule has 25 heavy (non-hydrogen) atoms. The van der Waals surface area contributed by atoms with Crippen molar-refractivity contribution in [2.24, 2.45) is 0 Å². The van der Waals surface area contributed by atoms with E-state index in [0.717, 1.165) is 32.4 Å². The van der Waals surface area contributed by atoms with Gasteiger partial charge in [-0.3, -0.25) is 9.69 Å². The van der Waals surface area contributed by atoms with Crippen molar-refractivity contribution in [1.82, 2.24) is 9.80 Å². The van der Waals surface area contributed by atoms with E-state index in [4.69, 9.17) is 9.47 Å². The molecule has 2 aliphatic rings. The average molecular weight is 348 g/mol. The third kappa shape index (κ3) is 4.32. The van der Waals surface area contributed by atoms with E-state index in [9.17, 15) is 9.90 Å². The second kappa shape index (κ2) is 8.65. The van der Waals surface area contributed by atoms with Crippen LogP contribution in [0.2, 0.25) is 0 Å². The summed E-state index contributed by atoms with van der Waals surface area (Å²) in [5.41, 5.74) is 0.605. The fourth-order valence-electron chi connectivity index (χ4n) is 3.78. The molecule has 0 radical (unpaired) electrons. The van der Waals surface area contributed by atoms with E-state index in [1.807, 2.05) is 29.2 Å². The Labute approximate surface area is 149 Å². The van der Waals surface area contributed by atoms with E-state index >= 15 is 0 Å². The highest BCUT2D eigenvalue weighted by Crippen LogP contribution is 2.26. The fourth-order valence-corrected chi connectivity index (χ4v) is 3.78. The van der Waals surface area contributed by atoms with Crippen LogP contribution in [0, 0.1) is 0 Å². The topological polar surface area (TPSA) is 62.2 Å². The lowest BCUT2D eigenvalue weighted by molar-refractivity contribution is 0.0313. The van der Waals surface area contributed by atoms with Crippen molar-refractivity contribution in [3.05, 3.63) is 29.8 Å². The SMILES string of the molecule is COCCOc1ccccc1C(=O)N1CCN(C2CCCC2O)CC1. The number of hydrogen-bond acceptors (Lipinski definition) is 5. The maximum Gasteiger partial charge on any atom is 0.257 e. The smallest absolute Gasteiger partial charge is 0.257 e. The molecule has 1 aliphatic carbocycles. The van der Waals surface area contributed by atoms with Crippen molar-refractivity contribution in [1.29, 1.82) is 0 Å². The van der Waals surface area contributed by atoms with Crippen molar-refractivity contribution >= 4 is 5.91 Å². The Kier molecular flexibility index (Phi) is 6.29. The number of methoxy groups -OCH3 is 1. The molecule has 138 valence electrons. The zero-order valence-corrected chi connectivity index (χ0v) is 14.9. The molecule has 2 unspecified atom stereocenters. The van der Waals surface area contributed by atoms with Crippen LogP contribution in [-0.4, -0.2) is 79.5 Å². The zero-order chi connectivity index (χ0) is 17.6. The summed E-state index contributed by atoms with van der Waals surface area (Å²) in [6.07, 6.45) is 2.84. The van der Waals surface area contributed by atoms with Crippen LogP contribution in [-0.2, 0) is 4.74 Å². The summed E-state index contributed by atoms with van der Waals surface area (Å²) >= 11 is 0. The maximum absolute atomic E-state index is 12.9. The zero-order valence-electron chi connectivity index (χ0n) is 14.9. The summed E-state index contributed by atoms with van der Waals surface area (Å²) in [6.45, 7) is 3.93. The average Bonchev–Trinajstić information content (AvgIpc) is 3.08. The predicted molar refractivity (Wildman–Crippen MR) is 94.9 cm³/mol. The van der Waals surface area contributed by atoms with E-state index in [1.165, 1.54) is 0 Å². The molecule has 0 spiro atoms. The van der Waals surface area contributed by atoms with Gasteiger partial charge in [-0.25, -0.2) is 0 Å². The Hall–Kier alpha value is -1.63. The summed E-state index contributed by atoms with van der Waals surface area (Å²) in [7, 11) is 1.63. The van der Waals surface area contributed by atoms with Crippen LogP contribution in [0.15, 0.2) is 24.3 Å². The van der Waals surface area contributed by atoms with Crippen LogP contribution >= 0.6 is 0 Å². The minimum Gasteiger partial charge on any atom is -0.490 e. The van der Waals surface area contributed by atoms with Gasteiger partial charge in [0.25, 0.3) is 5.91 Å². The highest BCUT2D eigenvalue weighted by molar-refractivity contribution is 5.97. The van der Waals surface area contributed by atoms with Crippen LogP contribution in [0.4, 0.5) is 0 Å². The molecule has 6 nitrogen and oxygen atoms in total. The Morgan fingerprint density at radius 3 is 2.60 bits per heavy atom. The van der Waals surface area contributed by atoms with E-state index in [0.29, 0.717) is 37.6 Å². The van der Waals surface area contributed by atoms with Crippen molar-refractivity contribution in [3.8, 4) is 5.75 Å². The lowest BCUT2D eigenvalue weighted by Gasteiger charge is -2.39. The van der Waals surface area contributed by atoms with Crippen LogP contribution in [0.3, 0.4) is 0 Å². The van der Waals surface area contributed by atoms with Gasteiger partial charge in [0.2, 0.25) is 0 Å². The summed E-state index contributed by atoms with van der Waals surface area (Å²) in [4.78, 5) is 17.1. The first-order chi connectivity index (χ1) is 12.2. The fraction of sp³-hybridized carbons (Fsp3) is 0.632. The minimum absolute atomic E-state index is 0.0136. The Morgan fingerprint density at radius 1 is 1.16 bits per heavy atom. The maximum atomic E-state index is 12.9. The standard InChI is InChI=1S/C19H28N2O4/c1-24-13-14-25-18-8-3-2-5-15(18)19(23)21-11-9-20(10-12-21)16-6-4-7-17(16)22/h2-3,5,8,16-17,22H,4,6-7,9-14H2,1H3. The number of rotatable bonds is 6. The van der Waals surface area contributed by atoms with Crippen molar-refractivity contribution in [3.63, 3.8) is 0 Å². The molecule has 2 atom stereocenters. The van der Waals surface area contributed by atoms with Gasteiger partial charge in [-0.2, -0.15) is 0 Å². The Morgan fingerprint density at radius 2 is 1.92 bits per heavy atom. The molecule has 2 fully saturated rings. The van der Waals surface area contributed by atoms with Gasteiger partial charge in [-0.1, -0.05) is 12.1 Å². The number of carbonyl (C=O) groups excluding carboxylic acids is 1. The lowest BCUT2D eigenvalue weighted by atomic mass is 10.1. The first kappa shape index (κ1) is 18.2. The highest BCUT2D eigenvalue weighted by Gasteiger charge is 2.33. The number of para-hydroxylation sites is 1. The highest BCUT2D eigenvalue weighted by atomic mass is 16.5. The number of piperazine rings is 1. The molecular weight excluding hydrogens is 320 g/mol. The second-order valence-corrected chi connectivity index (χ2v) is 6.73. The van der Waals surface area contributed by atoms with Crippen LogP contribution in [0.5, 0.6) is 5.75 Å². The Balaban J connectivity index is 1.59. The number of carbonyl (C=O) groups is 1. The molecule has 1 N–H and O–H groups in total. The monoisotopic (exact) mass is 348 g/mol. The summed E-state index contributed by atoms with van der Waals surface area (Å²) < 4.78 is 10.7. The molecule has 1 amide bonds. The number of amides is 1. The normalized spacial score (nSPS) is 24.5. The number of nitrogens with zero attached hydrogens (tertiary/aromatic N) is 2. The van der Waals surface area contributed by atoms with Crippen molar-refractivity contribution in [2.75, 3.05) is 46.5 Å². The molecule has 3 rings (SSSR count). The molecule has 0 bridgehead atoms. The quantitative estimate of drug-likeness (QED) is 0.787. The first-order valence-electron chi connectivity index (χ1n) is 9.13. The van der Waals surface area contributed by atoms with Gasteiger partial charge in [-0.05, 0) is 31.4 Å². The first-order valence-corrected chi connectivity index (χ1v) is 9.13. The number of benzene rings is 1. The van der Waals surface area contributed by atoms with E-state index in [1.54, 1.807) is 7.11 Å². The molecule has 1 aliphatic heterocycles. The van der Waals surface area contributed by atoms with E-state index in [2.05, 4.69) is 4.90 Å². The van der Waals surface area contributed by atoms with Gasteiger partial charge in [0.05, 0.1) is 18.3 Å². The number of aliphatic hydroxyl groups excluding tert-OH is 1. The largest absolute Gasteiger partial charge is 0.490 e. The van der Waals surface area contributed by atoms with Crippen LogP contribution < -0.4 is 4.74 Å². The number of ether oxygens (including phenoxy) is 2. The predicted octanol–water partition coefficient (Wildman–Crippen LogP) is 1.38. The summed E-state index contributed by atoms with van der Waals surface area (Å²) in [6, 6.07) is 7.65. The van der Waals surface area contributed by atoms with Gasteiger partial charge in [0, 0.05) is 39.3 Å². The summed E-state index contributed by atoms with van der Waals surface area (Å²) in [5.74, 6) is 0.623. The van der Waals surface area contributed by atoms with Gasteiger partial charge >= 0.3 is 0 Å². The van der Waals surface area contributed by atoms with Gasteiger partial charge in [-0.15, -0.1) is 0 Å². The minimum atomic E-state index is -0.211. The van der Waals surface area contributed by atoms with Crippen molar-refractivity contribution in [2.45, 2.75) is 31.4 Å². The molecule has 1 heterocycles. The van der Waals surface area contributed by atoms with Crippen LogP contribution in [0.1, 0.15) is 29.6 Å². The molecule has 0 aromatic heterocycles.